The van der Waals surface area contributed by atoms with E-state index in [4.69, 9.17) is 0 Å². The van der Waals surface area contributed by atoms with Crippen LogP contribution in [0.1, 0.15) is 64.7 Å². The van der Waals surface area contributed by atoms with E-state index >= 15 is 0 Å². The standard InChI is InChI=1S/C17H31N/c1-13-3-2-4-14(9-13)7-8-18-12-17-11-15-5-6-16(17)10-15/h13-18H,2-12H2,1H3. The van der Waals surface area contributed by atoms with Crippen molar-refractivity contribution in [3.8, 4) is 0 Å². The Hall–Kier alpha value is -0.0400. The van der Waals surface area contributed by atoms with Crippen LogP contribution >= 0.6 is 0 Å². The van der Waals surface area contributed by atoms with E-state index in [1.807, 2.05) is 0 Å². The minimum absolute atomic E-state index is 0.995. The summed E-state index contributed by atoms with van der Waals surface area (Å²) in [6.07, 6.45) is 13.6. The molecule has 3 saturated carbocycles. The summed E-state index contributed by atoms with van der Waals surface area (Å²) in [5.41, 5.74) is 0. The van der Waals surface area contributed by atoms with Gasteiger partial charge in [-0.05, 0) is 74.8 Å². The number of hydrogen-bond acceptors (Lipinski definition) is 1. The first-order chi connectivity index (χ1) is 8.81. The highest BCUT2D eigenvalue weighted by atomic mass is 14.9. The predicted octanol–water partition coefficient (Wildman–Crippen LogP) is 4.23. The van der Waals surface area contributed by atoms with Crippen molar-refractivity contribution in [2.75, 3.05) is 13.1 Å². The molecule has 1 N–H and O–H groups in total. The number of rotatable bonds is 5. The van der Waals surface area contributed by atoms with Gasteiger partial charge >= 0.3 is 0 Å². The molecular formula is C17H31N. The van der Waals surface area contributed by atoms with Crippen LogP contribution in [-0.2, 0) is 0 Å². The third-order valence-corrected chi connectivity index (χ3v) is 6.07. The van der Waals surface area contributed by atoms with E-state index in [2.05, 4.69) is 12.2 Å². The fourth-order valence-corrected chi connectivity index (χ4v) is 5.04. The van der Waals surface area contributed by atoms with E-state index in [0.29, 0.717) is 0 Å². The highest BCUT2D eigenvalue weighted by Crippen LogP contribution is 2.47. The smallest absolute Gasteiger partial charge is 0.00178 e. The lowest BCUT2D eigenvalue weighted by atomic mass is 9.81. The van der Waals surface area contributed by atoms with Crippen molar-refractivity contribution < 1.29 is 0 Å². The van der Waals surface area contributed by atoms with Gasteiger partial charge in [-0.2, -0.15) is 0 Å². The monoisotopic (exact) mass is 249 g/mol. The van der Waals surface area contributed by atoms with Crippen LogP contribution in [-0.4, -0.2) is 13.1 Å². The normalized spacial score (nSPS) is 43.5. The van der Waals surface area contributed by atoms with Crippen molar-refractivity contribution in [1.29, 1.82) is 0 Å². The van der Waals surface area contributed by atoms with Crippen LogP contribution in [0.25, 0.3) is 0 Å². The first-order valence-corrected chi connectivity index (χ1v) is 8.52. The highest BCUT2D eigenvalue weighted by molar-refractivity contribution is 4.90. The lowest BCUT2D eigenvalue weighted by molar-refractivity contribution is 0.261. The SMILES string of the molecule is CC1CCCC(CCNCC2CC3CCC2C3)C1. The molecule has 3 rings (SSSR count). The van der Waals surface area contributed by atoms with Gasteiger partial charge in [0.2, 0.25) is 0 Å². The van der Waals surface area contributed by atoms with Crippen molar-refractivity contribution in [3.63, 3.8) is 0 Å². The molecule has 0 aromatic carbocycles. The molecule has 5 unspecified atom stereocenters. The van der Waals surface area contributed by atoms with Crippen LogP contribution in [0.5, 0.6) is 0 Å². The number of nitrogens with one attached hydrogen (secondary N) is 1. The van der Waals surface area contributed by atoms with Crippen LogP contribution in [0.4, 0.5) is 0 Å². The summed E-state index contributed by atoms with van der Waals surface area (Å²) in [6.45, 7) is 5.05. The summed E-state index contributed by atoms with van der Waals surface area (Å²) in [5.74, 6) is 5.27. The van der Waals surface area contributed by atoms with Crippen molar-refractivity contribution in [2.45, 2.75) is 64.7 Å². The Kier molecular flexibility index (Phi) is 4.28. The third-order valence-electron chi connectivity index (χ3n) is 6.07. The van der Waals surface area contributed by atoms with E-state index in [-0.39, 0.29) is 0 Å². The summed E-state index contributed by atoms with van der Waals surface area (Å²) < 4.78 is 0. The summed E-state index contributed by atoms with van der Waals surface area (Å²) >= 11 is 0. The van der Waals surface area contributed by atoms with Crippen LogP contribution in [0.2, 0.25) is 0 Å². The van der Waals surface area contributed by atoms with Crippen molar-refractivity contribution >= 4 is 0 Å². The van der Waals surface area contributed by atoms with Gasteiger partial charge in [0.25, 0.3) is 0 Å². The van der Waals surface area contributed by atoms with Gasteiger partial charge in [-0.15, -0.1) is 0 Å². The molecule has 0 aromatic rings. The van der Waals surface area contributed by atoms with Crippen LogP contribution < -0.4 is 5.32 Å². The molecule has 0 amide bonds. The predicted molar refractivity (Wildman–Crippen MR) is 77.5 cm³/mol. The molecule has 0 spiro atoms. The molecule has 0 heterocycles. The molecule has 5 atom stereocenters. The molecule has 1 heteroatoms. The zero-order valence-electron chi connectivity index (χ0n) is 12.2. The van der Waals surface area contributed by atoms with Crippen LogP contribution in [0.3, 0.4) is 0 Å². The first-order valence-electron chi connectivity index (χ1n) is 8.52. The minimum atomic E-state index is 0.995. The average molecular weight is 249 g/mol. The van der Waals surface area contributed by atoms with Gasteiger partial charge < -0.3 is 5.32 Å². The summed E-state index contributed by atoms with van der Waals surface area (Å²) in [4.78, 5) is 0. The quantitative estimate of drug-likeness (QED) is 0.719. The van der Waals surface area contributed by atoms with Gasteiger partial charge in [-0.3, -0.25) is 0 Å². The molecule has 1 nitrogen and oxygen atoms in total. The molecule has 2 bridgehead atoms. The molecule has 0 radical (unpaired) electrons. The maximum atomic E-state index is 3.77. The minimum Gasteiger partial charge on any atom is -0.316 e. The molecule has 3 aliphatic rings. The highest BCUT2D eigenvalue weighted by Gasteiger charge is 2.38. The van der Waals surface area contributed by atoms with Gasteiger partial charge in [-0.25, -0.2) is 0 Å². The Morgan fingerprint density at radius 3 is 2.67 bits per heavy atom. The lowest BCUT2D eigenvalue weighted by Crippen LogP contribution is -2.28. The second-order valence-corrected chi connectivity index (χ2v) is 7.57. The maximum Gasteiger partial charge on any atom is -0.00178 e. The molecule has 0 aromatic heterocycles. The van der Waals surface area contributed by atoms with Gasteiger partial charge in [0, 0.05) is 0 Å². The number of fused-ring (bicyclic) bond motifs is 2. The van der Waals surface area contributed by atoms with Gasteiger partial charge in [0.15, 0.2) is 0 Å². The largest absolute Gasteiger partial charge is 0.316 e. The van der Waals surface area contributed by atoms with Crippen LogP contribution in [0, 0.1) is 29.6 Å². The summed E-state index contributed by atoms with van der Waals surface area (Å²) in [6, 6.07) is 0. The second kappa shape index (κ2) is 5.94. The molecule has 104 valence electrons. The fraction of sp³-hybridized carbons (Fsp3) is 1.00. The van der Waals surface area contributed by atoms with Crippen molar-refractivity contribution in [3.05, 3.63) is 0 Å². The fourth-order valence-electron chi connectivity index (χ4n) is 5.04. The molecular weight excluding hydrogens is 218 g/mol. The second-order valence-electron chi connectivity index (χ2n) is 7.57. The van der Waals surface area contributed by atoms with E-state index in [0.717, 1.165) is 29.6 Å². The molecule has 0 aliphatic heterocycles. The van der Waals surface area contributed by atoms with E-state index in [1.54, 1.807) is 12.8 Å². The average Bonchev–Trinajstić information content (AvgIpc) is 2.97. The molecule has 3 aliphatic carbocycles. The van der Waals surface area contributed by atoms with Crippen molar-refractivity contribution in [2.24, 2.45) is 29.6 Å². The van der Waals surface area contributed by atoms with Crippen molar-refractivity contribution in [1.82, 2.24) is 5.32 Å². The Balaban J connectivity index is 1.28. The van der Waals surface area contributed by atoms with E-state index in [1.165, 1.54) is 58.0 Å². The zero-order chi connectivity index (χ0) is 12.4. The summed E-state index contributed by atoms with van der Waals surface area (Å²) in [5, 5.41) is 3.77. The van der Waals surface area contributed by atoms with Gasteiger partial charge in [0.05, 0.1) is 0 Å². The zero-order valence-corrected chi connectivity index (χ0v) is 12.2. The Morgan fingerprint density at radius 2 is 1.94 bits per heavy atom. The Bertz CT molecular complexity index is 262. The Morgan fingerprint density at radius 1 is 1.00 bits per heavy atom. The number of hydrogen-bond donors (Lipinski definition) is 1. The Labute approximate surface area is 113 Å². The maximum absolute atomic E-state index is 3.77. The molecule has 3 fully saturated rings. The third kappa shape index (κ3) is 3.10. The summed E-state index contributed by atoms with van der Waals surface area (Å²) in [7, 11) is 0. The van der Waals surface area contributed by atoms with E-state index in [9.17, 15) is 0 Å². The van der Waals surface area contributed by atoms with Gasteiger partial charge in [-0.1, -0.05) is 32.6 Å². The molecule has 18 heavy (non-hydrogen) atoms. The molecule has 0 saturated heterocycles. The lowest BCUT2D eigenvalue weighted by Gasteiger charge is -2.27. The first kappa shape index (κ1) is 13.0. The van der Waals surface area contributed by atoms with Crippen LogP contribution in [0.15, 0.2) is 0 Å². The topological polar surface area (TPSA) is 12.0 Å². The van der Waals surface area contributed by atoms with E-state index < -0.39 is 0 Å². The van der Waals surface area contributed by atoms with Gasteiger partial charge in [0.1, 0.15) is 0 Å².